The minimum atomic E-state index is -3.73. The fraction of sp³-hybridized carbons (Fsp3) is 0.353. The molecule has 1 unspecified atom stereocenters. The minimum absolute atomic E-state index is 0.0292. The lowest BCUT2D eigenvalue weighted by Gasteiger charge is -2.13. The Balaban J connectivity index is 1.83. The van der Waals surface area contributed by atoms with E-state index < -0.39 is 28.0 Å². The standard InChI is InChI=1S/C17H22N4O5S/c1-11-15(10-20-21(11)3)17(23)26-12(2)16(22)19-9-8-13-4-6-14(7-5-13)27(18,24)25/h4-7,10,12H,8-9H2,1-3H3,(H,19,22)(H2,18,24,25). The van der Waals surface area contributed by atoms with E-state index >= 15 is 0 Å². The Bertz CT molecular complexity index is 935. The number of hydrogen-bond donors (Lipinski definition) is 2. The molecule has 1 atom stereocenters. The number of sulfonamides is 1. The van der Waals surface area contributed by atoms with Crippen molar-refractivity contribution < 1.29 is 22.7 Å². The molecule has 0 aliphatic heterocycles. The van der Waals surface area contributed by atoms with Gasteiger partial charge in [0.2, 0.25) is 10.0 Å². The molecule has 2 aromatic rings. The summed E-state index contributed by atoms with van der Waals surface area (Å²) in [5.74, 6) is -1.03. The highest BCUT2D eigenvalue weighted by Gasteiger charge is 2.21. The van der Waals surface area contributed by atoms with Gasteiger partial charge in [0.25, 0.3) is 5.91 Å². The van der Waals surface area contributed by atoms with Crippen molar-refractivity contribution in [2.24, 2.45) is 12.2 Å². The average Bonchev–Trinajstić information content (AvgIpc) is 2.93. The van der Waals surface area contributed by atoms with E-state index in [4.69, 9.17) is 9.88 Å². The third-order valence-electron chi connectivity index (χ3n) is 4.07. The predicted octanol–water partition coefficient (Wildman–Crippen LogP) is 0.280. The smallest absolute Gasteiger partial charge is 0.342 e. The molecule has 0 aliphatic rings. The monoisotopic (exact) mass is 394 g/mol. The summed E-state index contributed by atoms with van der Waals surface area (Å²) in [6.07, 6.45) is 0.925. The number of esters is 1. The normalized spacial score (nSPS) is 12.4. The Labute approximate surface area is 157 Å². The van der Waals surface area contributed by atoms with E-state index in [-0.39, 0.29) is 4.90 Å². The number of carbonyl (C=O) groups excluding carboxylic acids is 2. The van der Waals surface area contributed by atoms with Crippen molar-refractivity contribution >= 4 is 21.9 Å². The van der Waals surface area contributed by atoms with Crippen LogP contribution < -0.4 is 10.5 Å². The number of carbonyl (C=O) groups is 2. The summed E-state index contributed by atoms with van der Waals surface area (Å²) in [6.45, 7) is 3.52. The van der Waals surface area contributed by atoms with Crippen molar-refractivity contribution in [2.45, 2.75) is 31.3 Å². The summed E-state index contributed by atoms with van der Waals surface area (Å²) in [6, 6.07) is 6.07. The Morgan fingerprint density at radius 2 is 1.93 bits per heavy atom. The van der Waals surface area contributed by atoms with E-state index in [1.54, 1.807) is 30.8 Å². The minimum Gasteiger partial charge on any atom is -0.449 e. The van der Waals surface area contributed by atoms with E-state index in [0.717, 1.165) is 5.56 Å². The molecule has 1 heterocycles. The molecule has 3 N–H and O–H groups in total. The number of nitrogens with zero attached hydrogens (tertiary/aromatic N) is 2. The number of ether oxygens (including phenoxy) is 1. The second kappa shape index (κ2) is 8.31. The van der Waals surface area contributed by atoms with Crippen LogP contribution in [0.4, 0.5) is 0 Å². The highest BCUT2D eigenvalue weighted by atomic mass is 32.2. The van der Waals surface area contributed by atoms with E-state index in [2.05, 4.69) is 10.4 Å². The van der Waals surface area contributed by atoms with Crippen molar-refractivity contribution in [2.75, 3.05) is 6.54 Å². The van der Waals surface area contributed by atoms with Gasteiger partial charge in [-0.05, 0) is 38.0 Å². The molecule has 0 saturated heterocycles. The van der Waals surface area contributed by atoms with Gasteiger partial charge in [-0.2, -0.15) is 5.10 Å². The summed E-state index contributed by atoms with van der Waals surface area (Å²) in [5, 5.41) is 11.7. The van der Waals surface area contributed by atoms with Gasteiger partial charge in [-0.15, -0.1) is 0 Å². The van der Waals surface area contributed by atoms with Gasteiger partial charge < -0.3 is 10.1 Å². The zero-order valence-corrected chi connectivity index (χ0v) is 16.1. The Kier molecular flexibility index (Phi) is 6.34. The van der Waals surface area contributed by atoms with Crippen molar-refractivity contribution in [3.63, 3.8) is 0 Å². The predicted molar refractivity (Wildman–Crippen MR) is 97.4 cm³/mol. The first-order chi connectivity index (χ1) is 12.6. The van der Waals surface area contributed by atoms with Gasteiger partial charge >= 0.3 is 5.97 Å². The lowest BCUT2D eigenvalue weighted by molar-refractivity contribution is -0.129. The molecule has 0 saturated carbocycles. The van der Waals surface area contributed by atoms with Crippen LogP contribution in [0, 0.1) is 6.92 Å². The number of aromatic nitrogens is 2. The molecule has 1 amide bonds. The number of nitrogens with one attached hydrogen (secondary N) is 1. The quantitative estimate of drug-likeness (QED) is 0.648. The summed E-state index contributed by atoms with van der Waals surface area (Å²) in [4.78, 5) is 24.2. The zero-order valence-electron chi connectivity index (χ0n) is 15.3. The lowest BCUT2D eigenvalue weighted by atomic mass is 10.1. The summed E-state index contributed by atoms with van der Waals surface area (Å²) < 4.78 is 29.1. The van der Waals surface area contributed by atoms with Crippen molar-refractivity contribution in [1.82, 2.24) is 15.1 Å². The van der Waals surface area contributed by atoms with Crippen LogP contribution in [0.2, 0.25) is 0 Å². The van der Waals surface area contributed by atoms with E-state index in [0.29, 0.717) is 24.2 Å². The number of primary sulfonamides is 1. The van der Waals surface area contributed by atoms with Crippen LogP contribution in [0.3, 0.4) is 0 Å². The Hall–Kier alpha value is -2.72. The molecule has 0 radical (unpaired) electrons. The highest BCUT2D eigenvalue weighted by Crippen LogP contribution is 2.10. The Morgan fingerprint density at radius 3 is 2.44 bits per heavy atom. The molecule has 10 heteroatoms. The summed E-state index contributed by atoms with van der Waals surface area (Å²) >= 11 is 0. The third kappa shape index (κ3) is 5.38. The average molecular weight is 394 g/mol. The molecule has 1 aromatic carbocycles. The molecule has 0 fully saturated rings. The molecule has 9 nitrogen and oxygen atoms in total. The fourth-order valence-corrected chi connectivity index (χ4v) is 2.81. The molecular weight excluding hydrogens is 372 g/mol. The SMILES string of the molecule is Cc1c(C(=O)OC(C)C(=O)NCCc2ccc(S(N)(=O)=O)cc2)cnn1C. The van der Waals surface area contributed by atoms with Crippen LogP contribution in [0.1, 0.15) is 28.5 Å². The van der Waals surface area contributed by atoms with E-state index in [9.17, 15) is 18.0 Å². The van der Waals surface area contributed by atoms with E-state index in [1.165, 1.54) is 25.3 Å². The van der Waals surface area contributed by atoms with Crippen LogP contribution in [0.25, 0.3) is 0 Å². The number of aryl methyl sites for hydroxylation is 1. The van der Waals surface area contributed by atoms with Gasteiger partial charge in [-0.3, -0.25) is 9.48 Å². The summed E-state index contributed by atoms with van der Waals surface area (Å²) in [7, 11) is -2.02. The molecule has 27 heavy (non-hydrogen) atoms. The number of rotatable bonds is 7. The van der Waals surface area contributed by atoms with Gasteiger partial charge in [-0.1, -0.05) is 12.1 Å². The second-order valence-electron chi connectivity index (χ2n) is 6.04. The third-order valence-corrected chi connectivity index (χ3v) is 5.00. The van der Waals surface area contributed by atoms with E-state index in [1.807, 2.05) is 0 Å². The molecule has 146 valence electrons. The number of hydrogen-bond acceptors (Lipinski definition) is 6. The van der Waals surface area contributed by atoms with Gasteiger partial charge in [0, 0.05) is 19.3 Å². The topological polar surface area (TPSA) is 133 Å². The van der Waals surface area contributed by atoms with Crippen LogP contribution in [-0.2, 0) is 33.0 Å². The molecule has 1 aromatic heterocycles. The molecule has 0 spiro atoms. The van der Waals surface area contributed by atoms with Crippen molar-refractivity contribution in [3.8, 4) is 0 Å². The number of amides is 1. The molecule has 0 aliphatic carbocycles. The first-order valence-electron chi connectivity index (χ1n) is 8.18. The van der Waals surface area contributed by atoms with Crippen molar-refractivity contribution in [3.05, 3.63) is 47.3 Å². The lowest BCUT2D eigenvalue weighted by Crippen LogP contribution is -2.37. The number of benzene rings is 1. The van der Waals surface area contributed by atoms with Gasteiger partial charge in [0.15, 0.2) is 6.10 Å². The molecule has 0 bridgehead atoms. The second-order valence-corrected chi connectivity index (χ2v) is 7.61. The van der Waals surface area contributed by atoms with Crippen molar-refractivity contribution in [1.29, 1.82) is 0 Å². The molecular formula is C17H22N4O5S. The fourth-order valence-electron chi connectivity index (χ4n) is 2.30. The van der Waals surface area contributed by atoms with Crippen LogP contribution in [0.15, 0.2) is 35.4 Å². The van der Waals surface area contributed by atoms with Crippen LogP contribution in [-0.4, -0.2) is 42.7 Å². The number of nitrogens with two attached hydrogens (primary N) is 1. The van der Waals surface area contributed by atoms with Gasteiger partial charge in [0.05, 0.1) is 11.1 Å². The van der Waals surface area contributed by atoms with Crippen LogP contribution >= 0.6 is 0 Å². The largest absolute Gasteiger partial charge is 0.449 e. The van der Waals surface area contributed by atoms with Gasteiger partial charge in [-0.25, -0.2) is 18.4 Å². The summed E-state index contributed by atoms with van der Waals surface area (Å²) in [5.41, 5.74) is 1.79. The van der Waals surface area contributed by atoms with Crippen LogP contribution in [0.5, 0.6) is 0 Å². The highest BCUT2D eigenvalue weighted by molar-refractivity contribution is 7.89. The molecule has 2 rings (SSSR count). The Morgan fingerprint density at radius 1 is 1.30 bits per heavy atom. The maximum absolute atomic E-state index is 12.1. The first-order valence-corrected chi connectivity index (χ1v) is 9.73. The van der Waals surface area contributed by atoms with Gasteiger partial charge in [0.1, 0.15) is 5.56 Å². The first kappa shape index (κ1) is 20.6. The maximum atomic E-state index is 12.1. The maximum Gasteiger partial charge on any atom is 0.342 e. The zero-order chi connectivity index (χ0) is 20.2.